The van der Waals surface area contributed by atoms with Gasteiger partial charge in [-0.2, -0.15) is 0 Å². The fourth-order valence-corrected chi connectivity index (χ4v) is 6.75. The Hall–Kier alpha value is -1.96. The molecule has 1 aromatic carbocycles. The molecule has 1 N–H and O–H groups in total. The van der Waals surface area contributed by atoms with Crippen molar-refractivity contribution in [3.8, 4) is 0 Å². The van der Waals surface area contributed by atoms with Gasteiger partial charge < -0.3 is 10.2 Å². The molecule has 0 unspecified atom stereocenters. The summed E-state index contributed by atoms with van der Waals surface area (Å²) in [6.07, 6.45) is 6.35. The average molecular weight is 441 g/mol. The van der Waals surface area contributed by atoms with E-state index in [-0.39, 0.29) is 11.8 Å². The molecule has 2 amide bonds. The number of amides is 2. The van der Waals surface area contributed by atoms with Gasteiger partial charge in [-0.3, -0.25) is 19.4 Å². The second-order valence-corrected chi connectivity index (χ2v) is 10.2. The van der Waals surface area contributed by atoms with Gasteiger partial charge in [0.1, 0.15) is 0 Å². The summed E-state index contributed by atoms with van der Waals surface area (Å²) < 4.78 is 1.23. The van der Waals surface area contributed by atoms with Gasteiger partial charge in [0.05, 0.1) is 6.54 Å². The van der Waals surface area contributed by atoms with E-state index in [2.05, 4.69) is 26.1 Å². The van der Waals surface area contributed by atoms with Crippen LogP contribution in [0.3, 0.4) is 0 Å². The second kappa shape index (κ2) is 8.88. The van der Waals surface area contributed by atoms with Crippen molar-refractivity contribution in [2.24, 2.45) is 0 Å². The second-order valence-electron chi connectivity index (χ2n) is 9.11. The largest absolute Gasteiger partial charge is 0.355 e. The molecule has 1 aliphatic carbocycles. The number of hydrogen-bond donors (Lipinski definition) is 1. The molecule has 0 spiro atoms. The van der Waals surface area contributed by atoms with Crippen molar-refractivity contribution in [1.29, 1.82) is 0 Å². The van der Waals surface area contributed by atoms with Crippen LogP contribution in [0, 0.1) is 0 Å². The number of rotatable bonds is 4. The molecule has 5 rings (SSSR count). The third-order valence-corrected chi connectivity index (χ3v) is 8.47. The highest BCUT2D eigenvalue weighted by molar-refractivity contribution is 7.19. The molecule has 7 heteroatoms. The van der Waals surface area contributed by atoms with Gasteiger partial charge in [0.2, 0.25) is 5.91 Å². The van der Waals surface area contributed by atoms with Gasteiger partial charge in [0.25, 0.3) is 5.91 Å². The molecule has 3 heterocycles. The molecule has 1 saturated heterocycles. The molecule has 0 bridgehead atoms. The Morgan fingerprint density at radius 2 is 1.87 bits per heavy atom. The van der Waals surface area contributed by atoms with Crippen LogP contribution in [0.1, 0.15) is 46.5 Å². The molecule has 1 saturated carbocycles. The molecular formula is C24H32N4O2S. The number of hydrogen-bond acceptors (Lipinski definition) is 5. The number of thiophene rings is 1. The molecule has 2 fully saturated rings. The van der Waals surface area contributed by atoms with Gasteiger partial charge in [0, 0.05) is 67.5 Å². The van der Waals surface area contributed by atoms with E-state index in [1.807, 2.05) is 12.1 Å². The highest BCUT2D eigenvalue weighted by atomic mass is 32.1. The first-order chi connectivity index (χ1) is 15.1. The zero-order valence-corrected chi connectivity index (χ0v) is 19.2. The first-order valence-corrected chi connectivity index (χ1v) is 12.4. The van der Waals surface area contributed by atoms with E-state index >= 15 is 0 Å². The molecule has 1 aromatic heterocycles. The molecule has 166 valence electrons. The number of nitrogens with zero attached hydrogens (tertiary/aromatic N) is 3. The van der Waals surface area contributed by atoms with E-state index in [0.29, 0.717) is 12.1 Å². The van der Waals surface area contributed by atoms with Crippen LogP contribution in [0.15, 0.2) is 18.2 Å². The number of carbonyl (C=O) groups is 2. The standard InChI is InChI=1S/C24H32N4O2S/c1-25-24(30)17-6-7-21-20(14-17)19-8-9-26(15-22(19)31-21)16-23(29)28-12-10-27(11-13-28)18-4-2-3-5-18/h6-7,14,18H,2-5,8-13,15-16H2,1H3,(H,25,30). The lowest BCUT2D eigenvalue weighted by Crippen LogP contribution is -2.53. The Bertz CT molecular complexity index is 973. The average Bonchev–Trinajstić information content (AvgIpc) is 3.46. The topological polar surface area (TPSA) is 55.9 Å². The zero-order chi connectivity index (χ0) is 21.4. The Kier molecular flexibility index (Phi) is 5.99. The fourth-order valence-electron chi connectivity index (χ4n) is 5.47. The van der Waals surface area contributed by atoms with Crippen molar-refractivity contribution < 1.29 is 9.59 Å². The van der Waals surface area contributed by atoms with E-state index in [0.717, 1.165) is 51.7 Å². The summed E-state index contributed by atoms with van der Waals surface area (Å²) >= 11 is 1.80. The minimum absolute atomic E-state index is 0.0436. The molecule has 2 aliphatic heterocycles. The maximum atomic E-state index is 13.0. The maximum Gasteiger partial charge on any atom is 0.251 e. The van der Waals surface area contributed by atoms with Crippen LogP contribution in [-0.2, 0) is 17.8 Å². The number of nitrogens with one attached hydrogen (secondary N) is 1. The molecule has 31 heavy (non-hydrogen) atoms. The predicted molar refractivity (Wildman–Crippen MR) is 125 cm³/mol. The van der Waals surface area contributed by atoms with Gasteiger partial charge in [-0.05, 0) is 48.4 Å². The van der Waals surface area contributed by atoms with Crippen LogP contribution in [0.25, 0.3) is 10.1 Å². The first-order valence-electron chi connectivity index (χ1n) is 11.6. The van der Waals surface area contributed by atoms with Crippen molar-refractivity contribution in [3.63, 3.8) is 0 Å². The Morgan fingerprint density at radius 3 is 2.61 bits per heavy atom. The van der Waals surface area contributed by atoms with Crippen LogP contribution in [0.2, 0.25) is 0 Å². The third kappa shape index (κ3) is 4.23. The van der Waals surface area contributed by atoms with E-state index in [1.165, 1.54) is 46.2 Å². The Balaban J connectivity index is 1.20. The normalized spacial score (nSPS) is 20.9. The van der Waals surface area contributed by atoms with Gasteiger partial charge in [-0.15, -0.1) is 11.3 Å². The summed E-state index contributed by atoms with van der Waals surface area (Å²) in [6.45, 7) is 6.06. The van der Waals surface area contributed by atoms with Crippen molar-refractivity contribution in [2.75, 3.05) is 46.3 Å². The summed E-state index contributed by atoms with van der Waals surface area (Å²) in [5.41, 5.74) is 2.07. The third-order valence-electron chi connectivity index (χ3n) is 7.28. The quantitative estimate of drug-likeness (QED) is 0.794. The molecule has 6 nitrogen and oxygen atoms in total. The number of benzene rings is 1. The Morgan fingerprint density at radius 1 is 1.10 bits per heavy atom. The lowest BCUT2D eigenvalue weighted by atomic mass is 10.0. The fraction of sp³-hybridized carbons (Fsp3) is 0.583. The SMILES string of the molecule is CNC(=O)c1ccc2sc3c(c2c1)CCN(CC(=O)N1CCN(C2CCCC2)CC1)C3. The van der Waals surface area contributed by atoms with E-state index in [1.54, 1.807) is 18.4 Å². The van der Waals surface area contributed by atoms with Gasteiger partial charge >= 0.3 is 0 Å². The maximum absolute atomic E-state index is 13.0. The van der Waals surface area contributed by atoms with Crippen molar-refractivity contribution in [3.05, 3.63) is 34.2 Å². The summed E-state index contributed by atoms with van der Waals surface area (Å²) in [4.78, 5) is 33.3. The van der Waals surface area contributed by atoms with Crippen LogP contribution in [-0.4, -0.2) is 78.9 Å². The summed E-state index contributed by atoms with van der Waals surface area (Å²) in [6, 6.07) is 6.74. The highest BCUT2D eigenvalue weighted by Crippen LogP contribution is 2.36. The van der Waals surface area contributed by atoms with Crippen LogP contribution in [0.5, 0.6) is 0 Å². The summed E-state index contributed by atoms with van der Waals surface area (Å²) in [5, 5.41) is 3.91. The van der Waals surface area contributed by atoms with Gasteiger partial charge in [-0.1, -0.05) is 12.8 Å². The first kappa shape index (κ1) is 20.9. The van der Waals surface area contributed by atoms with Crippen molar-refractivity contribution in [1.82, 2.24) is 20.0 Å². The number of fused-ring (bicyclic) bond motifs is 3. The predicted octanol–water partition coefficient (Wildman–Crippen LogP) is 2.71. The summed E-state index contributed by atoms with van der Waals surface area (Å²) in [7, 11) is 1.67. The molecule has 0 atom stereocenters. The highest BCUT2D eigenvalue weighted by Gasteiger charge is 2.29. The number of piperazine rings is 1. The van der Waals surface area contributed by atoms with E-state index < -0.39 is 0 Å². The zero-order valence-electron chi connectivity index (χ0n) is 18.4. The Labute approximate surface area is 188 Å². The monoisotopic (exact) mass is 440 g/mol. The lowest BCUT2D eigenvalue weighted by Gasteiger charge is -2.39. The van der Waals surface area contributed by atoms with Gasteiger partial charge in [0.15, 0.2) is 0 Å². The number of carbonyl (C=O) groups excluding carboxylic acids is 2. The van der Waals surface area contributed by atoms with Crippen LogP contribution in [0.4, 0.5) is 0 Å². The smallest absolute Gasteiger partial charge is 0.251 e. The molecule has 2 aromatic rings. The lowest BCUT2D eigenvalue weighted by molar-refractivity contribution is -0.134. The van der Waals surface area contributed by atoms with Crippen LogP contribution >= 0.6 is 11.3 Å². The minimum atomic E-state index is -0.0436. The van der Waals surface area contributed by atoms with Crippen molar-refractivity contribution >= 4 is 33.2 Å². The van der Waals surface area contributed by atoms with Gasteiger partial charge in [-0.25, -0.2) is 0 Å². The van der Waals surface area contributed by atoms with E-state index in [9.17, 15) is 9.59 Å². The molecule has 3 aliphatic rings. The van der Waals surface area contributed by atoms with Crippen molar-refractivity contribution in [2.45, 2.75) is 44.7 Å². The molecule has 0 radical (unpaired) electrons. The van der Waals surface area contributed by atoms with E-state index in [4.69, 9.17) is 0 Å². The summed E-state index contributed by atoms with van der Waals surface area (Å²) in [5.74, 6) is 0.232. The van der Waals surface area contributed by atoms with Crippen LogP contribution < -0.4 is 5.32 Å². The molecular weight excluding hydrogens is 408 g/mol. The minimum Gasteiger partial charge on any atom is -0.355 e.